The van der Waals surface area contributed by atoms with E-state index in [1.807, 2.05) is 0 Å². The van der Waals surface area contributed by atoms with Crippen molar-refractivity contribution in [1.29, 1.82) is 0 Å². The molecule has 1 amide bonds. The fourth-order valence-corrected chi connectivity index (χ4v) is 2.01. The van der Waals surface area contributed by atoms with Crippen LogP contribution in [-0.4, -0.2) is 39.3 Å². The number of hydrogen-bond acceptors (Lipinski definition) is 4. The van der Waals surface area contributed by atoms with Crippen molar-refractivity contribution >= 4 is 5.91 Å². The second kappa shape index (κ2) is 7.21. The summed E-state index contributed by atoms with van der Waals surface area (Å²) in [5.41, 5.74) is 0.875. The Balaban J connectivity index is 1.86. The Bertz CT molecular complexity index is 493. The predicted molar refractivity (Wildman–Crippen MR) is 72.7 cm³/mol. The Morgan fingerprint density at radius 3 is 2.76 bits per heavy atom. The molecule has 7 heteroatoms. The molecule has 1 aromatic carbocycles. The SMILES string of the molecule is COc1cc(CCNC(=O)C2CNC2)ccc1OC(F)F. The summed E-state index contributed by atoms with van der Waals surface area (Å²) in [5.74, 6) is 0.350. The van der Waals surface area contributed by atoms with Crippen LogP contribution in [0.3, 0.4) is 0 Å². The summed E-state index contributed by atoms with van der Waals surface area (Å²) in [7, 11) is 1.39. The summed E-state index contributed by atoms with van der Waals surface area (Å²) in [6.45, 7) is -0.952. The van der Waals surface area contributed by atoms with E-state index in [-0.39, 0.29) is 23.3 Å². The molecule has 5 nitrogen and oxygen atoms in total. The number of carbonyl (C=O) groups excluding carboxylic acids is 1. The van der Waals surface area contributed by atoms with Gasteiger partial charge in [-0.05, 0) is 24.1 Å². The molecule has 116 valence electrons. The maximum absolute atomic E-state index is 12.2. The summed E-state index contributed by atoms with van der Waals surface area (Å²) in [4.78, 5) is 11.6. The molecule has 2 rings (SSSR count). The van der Waals surface area contributed by atoms with Gasteiger partial charge in [-0.3, -0.25) is 4.79 Å². The highest BCUT2D eigenvalue weighted by atomic mass is 19.3. The molecule has 1 saturated heterocycles. The summed E-state index contributed by atoms with van der Waals surface area (Å²) < 4.78 is 33.8. The minimum atomic E-state index is -2.89. The van der Waals surface area contributed by atoms with Gasteiger partial charge in [-0.2, -0.15) is 8.78 Å². The van der Waals surface area contributed by atoms with E-state index >= 15 is 0 Å². The summed E-state index contributed by atoms with van der Waals surface area (Å²) in [6.07, 6.45) is 0.594. The lowest BCUT2D eigenvalue weighted by Crippen LogP contribution is -2.51. The Morgan fingerprint density at radius 2 is 2.19 bits per heavy atom. The highest BCUT2D eigenvalue weighted by Gasteiger charge is 2.24. The van der Waals surface area contributed by atoms with Crippen LogP contribution in [0.2, 0.25) is 0 Å². The standard InChI is InChI=1S/C14H18F2N2O3/c1-20-12-6-9(2-3-11(12)21-14(15)16)4-5-18-13(19)10-7-17-8-10/h2-3,6,10,14,17H,4-5,7-8H2,1H3,(H,18,19). The van der Waals surface area contributed by atoms with E-state index < -0.39 is 6.61 Å². The maximum atomic E-state index is 12.2. The molecule has 1 heterocycles. The Morgan fingerprint density at radius 1 is 1.43 bits per heavy atom. The van der Waals surface area contributed by atoms with Gasteiger partial charge < -0.3 is 20.1 Å². The lowest BCUT2D eigenvalue weighted by Gasteiger charge is -2.25. The fourth-order valence-electron chi connectivity index (χ4n) is 2.01. The average Bonchev–Trinajstić information content (AvgIpc) is 2.37. The molecular formula is C14H18F2N2O3. The average molecular weight is 300 g/mol. The van der Waals surface area contributed by atoms with E-state index in [2.05, 4.69) is 15.4 Å². The smallest absolute Gasteiger partial charge is 0.387 e. The number of methoxy groups -OCH3 is 1. The number of benzene rings is 1. The number of alkyl halides is 2. The number of carbonyl (C=O) groups is 1. The molecule has 0 bridgehead atoms. The van der Waals surface area contributed by atoms with E-state index in [4.69, 9.17) is 4.74 Å². The van der Waals surface area contributed by atoms with Crippen LogP contribution in [0.5, 0.6) is 11.5 Å². The zero-order chi connectivity index (χ0) is 15.2. The van der Waals surface area contributed by atoms with Crippen LogP contribution in [-0.2, 0) is 11.2 Å². The molecule has 21 heavy (non-hydrogen) atoms. The first-order valence-electron chi connectivity index (χ1n) is 6.70. The number of halogens is 2. The lowest BCUT2D eigenvalue weighted by atomic mass is 10.0. The van der Waals surface area contributed by atoms with Gasteiger partial charge in [0.25, 0.3) is 0 Å². The number of nitrogens with one attached hydrogen (secondary N) is 2. The van der Waals surface area contributed by atoms with Gasteiger partial charge in [-0.25, -0.2) is 0 Å². The van der Waals surface area contributed by atoms with Crippen molar-refractivity contribution in [2.75, 3.05) is 26.7 Å². The first-order valence-corrected chi connectivity index (χ1v) is 6.70. The Labute approximate surface area is 121 Å². The van der Waals surface area contributed by atoms with Crippen LogP contribution in [0.1, 0.15) is 5.56 Å². The van der Waals surface area contributed by atoms with Crippen molar-refractivity contribution in [3.8, 4) is 11.5 Å². The van der Waals surface area contributed by atoms with Crippen molar-refractivity contribution < 1.29 is 23.0 Å². The molecule has 1 aromatic rings. The van der Waals surface area contributed by atoms with Crippen molar-refractivity contribution in [3.63, 3.8) is 0 Å². The second-order valence-corrected chi connectivity index (χ2v) is 4.76. The van der Waals surface area contributed by atoms with Crippen LogP contribution in [0.4, 0.5) is 8.78 Å². The zero-order valence-corrected chi connectivity index (χ0v) is 11.7. The molecule has 0 radical (unpaired) electrons. The monoisotopic (exact) mass is 300 g/mol. The Hall–Kier alpha value is -1.89. The topological polar surface area (TPSA) is 59.6 Å². The normalized spacial score (nSPS) is 14.7. The number of rotatable bonds is 7. The molecule has 0 saturated carbocycles. The number of ether oxygens (including phenoxy) is 2. The molecular weight excluding hydrogens is 282 g/mol. The van der Waals surface area contributed by atoms with E-state index in [0.717, 1.165) is 18.7 Å². The quantitative estimate of drug-likeness (QED) is 0.794. The summed E-state index contributed by atoms with van der Waals surface area (Å²) in [6, 6.07) is 4.75. The van der Waals surface area contributed by atoms with E-state index in [1.54, 1.807) is 12.1 Å². The lowest BCUT2D eigenvalue weighted by molar-refractivity contribution is -0.126. The molecule has 0 spiro atoms. The van der Waals surface area contributed by atoms with Gasteiger partial charge in [-0.15, -0.1) is 0 Å². The first-order chi connectivity index (χ1) is 10.1. The van der Waals surface area contributed by atoms with Gasteiger partial charge in [0.2, 0.25) is 5.91 Å². The van der Waals surface area contributed by atoms with Gasteiger partial charge in [0.05, 0.1) is 13.0 Å². The van der Waals surface area contributed by atoms with Gasteiger partial charge in [-0.1, -0.05) is 6.07 Å². The highest BCUT2D eigenvalue weighted by molar-refractivity contribution is 5.79. The molecule has 0 aromatic heterocycles. The van der Waals surface area contributed by atoms with Crippen LogP contribution in [0.25, 0.3) is 0 Å². The summed E-state index contributed by atoms with van der Waals surface area (Å²) in [5, 5.41) is 5.88. The van der Waals surface area contributed by atoms with Gasteiger partial charge in [0, 0.05) is 19.6 Å². The predicted octanol–water partition coefficient (Wildman–Crippen LogP) is 1.17. The highest BCUT2D eigenvalue weighted by Crippen LogP contribution is 2.29. The van der Waals surface area contributed by atoms with Gasteiger partial charge >= 0.3 is 6.61 Å². The van der Waals surface area contributed by atoms with Gasteiger partial charge in [0.1, 0.15) is 0 Å². The summed E-state index contributed by atoms with van der Waals surface area (Å²) >= 11 is 0. The molecule has 1 fully saturated rings. The maximum Gasteiger partial charge on any atom is 0.387 e. The molecule has 0 atom stereocenters. The third kappa shape index (κ3) is 4.29. The fraction of sp³-hybridized carbons (Fsp3) is 0.500. The van der Waals surface area contributed by atoms with E-state index in [9.17, 15) is 13.6 Å². The third-order valence-corrected chi connectivity index (χ3v) is 3.31. The number of amides is 1. The number of hydrogen-bond donors (Lipinski definition) is 2. The minimum absolute atomic E-state index is 0.000767. The van der Waals surface area contributed by atoms with Gasteiger partial charge in [0.15, 0.2) is 11.5 Å². The van der Waals surface area contributed by atoms with Crippen LogP contribution in [0.15, 0.2) is 18.2 Å². The minimum Gasteiger partial charge on any atom is -0.493 e. The van der Waals surface area contributed by atoms with Crippen LogP contribution >= 0.6 is 0 Å². The molecule has 2 N–H and O–H groups in total. The second-order valence-electron chi connectivity index (χ2n) is 4.76. The zero-order valence-electron chi connectivity index (χ0n) is 11.7. The van der Waals surface area contributed by atoms with Crippen LogP contribution < -0.4 is 20.1 Å². The van der Waals surface area contributed by atoms with Crippen molar-refractivity contribution in [1.82, 2.24) is 10.6 Å². The third-order valence-electron chi connectivity index (χ3n) is 3.31. The van der Waals surface area contributed by atoms with E-state index in [1.165, 1.54) is 13.2 Å². The molecule has 1 aliphatic heterocycles. The Kier molecular flexibility index (Phi) is 5.32. The van der Waals surface area contributed by atoms with Crippen LogP contribution in [0, 0.1) is 5.92 Å². The largest absolute Gasteiger partial charge is 0.493 e. The molecule has 0 unspecified atom stereocenters. The van der Waals surface area contributed by atoms with E-state index in [0.29, 0.717) is 13.0 Å². The first kappa shape index (κ1) is 15.5. The molecule has 1 aliphatic rings. The van der Waals surface area contributed by atoms with Crippen molar-refractivity contribution in [2.24, 2.45) is 5.92 Å². The van der Waals surface area contributed by atoms with Crippen molar-refractivity contribution in [3.05, 3.63) is 23.8 Å². The van der Waals surface area contributed by atoms with Crippen molar-refractivity contribution in [2.45, 2.75) is 13.0 Å². The molecule has 0 aliphatic carbocycles.